The Morgan fingerprint density at radius 2 is 2.25 bits per heavy atom. The van der Waals surface area contributed by atoms with Crippen LogP contribution in [0.15, 0.2) is 26.5 Å². The first-order valence-electron chi connectivity index (χ1n) is 7.02. The molecule has 0 amide bonds. The number of benzene rings is 1. The highest BCUT2D eigenvalue weighted by Crippen LogP contribution is 2.32. The van der Waals surface area contributed by atoms with E-state index in [0.29, 0.717) is 27.0 Å². The monoisotopic (exact) mass is 396 g/mol. The topological polar surface area (TPSA) is 120 Å². The molecule has 9 heteroatoms. The molecular formula is C15H17BrN4O4. The highest BCUT2D eigenvalue weighted by Gasteiger charge is 2.09. The summed E-state index contributed by atoms with van der Waals surface area (Å²) in [5.74, 6) is 0.417. The van der Waals surface area contributed by atoms with Crippen molar-refractivity contribution in [1.82, 2.24) is 9.97 Å². The van der Waals surface area contributed by atoms with Gasteiger partial charge in [-0.1, -0.05) is 15.9 Å². The summed E-state index contributed by atoms with van der Waals surface area (Å²) in [7, 11) is 1.45. The van der Waals surface area contributed by atoms with Gasteiger partial charge in [-0.15, -0.1) is 0 Å². The molecular weight excluding hydrogens is 380 g/mol. The second-order valence-corrected chi connectivity index (χ2v) is 5.78. The first-order chi connectivity index (χ1) is 11.5. The first kappa shape index (κ1) is 18.0. The second-order valence-electron chi connectivity index (χ2n) is 4.87. The van der Waals surface area contributed by atoms with Crippen LogP contribution in [-0.4, -0.2) is 40.1 Å². The van der Waals surface area contributed by atoms with Gasteiger partial charge in [0.2, 0.25) is 5.95 Å². The molecule has 4 N–H and O–H groups in total. The smallest absolute Gasteiger partial charge is 0.255 e. The van der Waals surface area contributed by atoms with Gasteiger partial charge < -0.3 is 14.9 Å². The highest BCUT2D eigenvalue weighted by atomic mass is 79.9. The zero-order valence-corrected chi connectivity index (χ0v) is 14.7. The Labute approximate surface area is 146 Å². The second kappa shape index (κ2) is 7.93. The average Bonchev–Trinajstić information content (AvgIpc) is 2.53. The highest BCUT2D eigenvalue weighted by molar-refractivity contribution is 9.10. The number of rotatable bonds is 6. The number of nitrogens with one attached hydrogen (secondary N) is 2. The lowest BCUT2D eigenvalue weighted by Crippen LogP contribution is -2.19. The van der Waals surface area contributed by atoms with E-state index in [1.54, 1.807) is 19.1 Å². The van der Waals surface area contributed by atoms with Crippen molar-refractivity contribution in [2.75, 3.05) is 19.1 Å². The van der Waals surface area contributed by atoms with Crippen molar-refractivity contribution in [2.24, 2.45) is 5.10 Å². The molecule has 0 aliphatic carbocycles. The van der Waals surface area contributed by atoms with E-state index in [4.69, 9.17) is 9.84 Å². The third-order valence-electron chi connectivity index (χ3n) is 3.25. The molecule has 1 heterocycles. The number of hydrogen-bond donors (Lipinski definition) is 4. The lowest BCUT2D eigenvalue weighted by atomic mass is 10.2. The van der Waals surface area contributed by atoms with Crippen LogP contribution in [0.2, 0.25) is 0 Å². The summed E-state index contributed by atoms with van der Waals surface area (Å²) >= 11 is 3.31. The van der Waals surface area contributed by atoms with Crippen LogP contribution in [-0.2, 0) is 6.42 Å². The molecule has 128 valence electrons. The fourth-order valence-corrected chi connectivity index (χ4v) is 2.54. The molecule has 0 atom stereocenters. The van der Waals surface area contributed by atoms with Gasteiger partial charge in [-0.3, -0.25) is 9.78 Å². The fourth-order valence-electron chi connectivity index (χ4n) is 2.08. The number of anilines is 1. The van der Waals surface area contributed by atoms with Crippen molar-refractivity contribution in [3.63, 3.8) is 0 Å². The quantitative estimate of drug-likeness (QED) is 0.434. The molecule has 0 radical (unpaired) electrons. The molecule has 8 nitrogen and oxygen atoms in total. The van der Waals surface area contributed by atoms with Crippen molar-refractivity contribution in [3.05, 3.63) is 43.8 Å². The Balaban J connectivity index is 2.21. The molecule has 24 heavy (non-hydrogen) atoms. The minimum atomic E-state index is -0.332. The van der Waals surface area contributed by atoms with Gasteiger partial charge in [0.05, 0.1) is 19.0 Å². The van der Waals surface area contributed by atoms with Crippen LogP contribution < -0.4 is 15.7 Å². The Bertz CT molecular complexity index is 820. The predicted molar refractivity (Wildman–Crippen MR) is 94.0 cm³/mol. The van der Waals surface area contributed by atoms with Crippen molar-refractivity contribution in [2.45, 2.75) is 13.3 Å². The third-order valence-corrected chi connectivity index (χ3v) is 3.71. The van der Waals surface area contributed by atoms with Gasteiger partial charge in [-0.25, -0.2) is 10.4 Å². The number of methoxy groups -OCH3 is 1. The van der Waals surface area contributed by atoms with Crippen LogP contribution in [0.4, 0.5) is 5.95 Å². The molecule has 0 bridgehead atoms. The summed E-state index contributed by atoms with van der Waals surface area (Å²) in [4.78, 5) is 18.6. The lowest BCUT2D eigenvalue weighted by molar-refractivity contribution is 0.298. The molecule has 0 unspecified atom stereocenters. The number of halogens is 1. The molecule has 0 aliphatic heterocycles. The summed E-state index contributed by atoms with van der Waals surface area (Å²) in [5, 5.41) is 22.9. The molecule has 0 saturated carbocycles. The van der Waals surface area contributed by atoms with Crippen LogP contribution in [0.5, 0.6) is 11.5 Å². The number of ether oxygens (including phenoxy) is 1. The van der Waals surface area contributed by atoms with E-state index in [-0.39, 0.29) is 30.3 Å². The molecule has 0 saturated heterocycles. The number of nitrogens with zero attached hydrogens (tertiary/aromatic N) is 2. The van der Waals surface area contributed by atoms with Gasteiger partial charge >= 0.3 is 0 Å². The zero-order valence-electron chi connectivity index (χ0n) is 13.1. The first-order valence-corrected chi connectivity index (χ1v) is 7.81. The normalized spacial score (nSPS) is 11.0. The Morgan fingerprint density at radius 1 is 1.50 bits per heavy atom. The molecule has 2 rings (SSSR count). The van der Waals surface area contributed by atoms with E-state index in [1.165, 1.54) is 13.3 Å². The maximum absolute atomic E-state index is 11.9. The Morgan fingerprint density at radius 3 is 2.88 bits per heavy atom. The summed E-state index contributed by atoms with van der Waals surface area (Å²) in [5.41, 5.74) is 3.63. The van der Waals surface area contributed by atoms with E-state index < -0.39 is 0 Å². The summed E-state index contributed by atoms with van der Waals surface area (Å²) < 4.78 is 5.77. The predicted octanol–water partition coefficient (Wildman–Crippen LogP) is 1.54. The zero-order chi connectivity index (χ0) is 17.7. The number of phenols is 1. The number of aryl methyl sites for hydroxylation is 1. The number of H-pyrrole nitrogens is 1. The number of aliphatic hydroxyl groups is 1. The number of phenolic OH excluding ortho intramolecular Hbond substituents is 1. The molecule has 1 aromatic heterocycles. The van der Waals surface area contributed by atoms with E-state index in [0.717, 1.165) is 0 Å². The van der Waals surface area contributed by atoms with Crippen molar-refractivity contribution in [3.8, 4) is 11.5 Å². The molecule has 2 aromatic rings. The van der Waals surface area contributed by atoms with Crippen molar-refractivity contribution < 1.29 is 14.9 Å². The number of hydrogen-bond acceptors (Lipinski definition) is 7. The minimum absolute atomic E-state index is 0.0535. The number of aromatic hydroxyl groups is 1. The number of aromatic amines is 1. The van der Waals surface area contributed by atoms with Gasteiger partial charge in [0, 0.05) is 28.6 Å². The average molecular weight is 397 g/mol. The largest absolute Gasteiger partial charge is 0.504 e. The standard InChI is InChI=1S/C15H17BrN4O4/c1-8-11(3-4-21)14(23)19-15(18-8)20-17-7-9-5-10(16)6-12(24-2)13(9)22/h5-7,21-22H,3-4H2,1-2H3,(H2,18,19,20,23)/b17-7-. The molecule has 0 spiro atoms. The number of aromatic nitrogens is 2. The Hall–Kier alpha value is -2.39. The van der Waals surface area contributed by atoms with Gasteiger partial charge in [-0.2, -0.15) is 5.10 Å². The van der Waals surface area contributed by atoms with Crippen LogP contribution in [0.1, 0.15) is 16.8 Å². The maximum Gasteiger partial charge on any atom is 0.255 e. The number of hydrazone groups is 1. The Kier molecular flexibility index (Phi) is 5.93. The van der Waals surface area contributed by atoms with Crippen LogP contribution in [0.25, 0.3) is 0 Å². The van der Waals surface area contributed by atoms with Gasteiger partial charge in [0.1, 0.15) is 0 Å². The van der Waals surface area contributed by atoms with Crippen LogP contribution in [0, 0.1) is 6.92 Å². The SMILES string of the molecule is COc1cc(Br)cc(/C=N\Nc2nc(C)c(CCO)c(=O)[nH]2)c1O. The molecule has 0 aliphatic rings. The summed E-state index contributed by atoms with van der Waals surface area (Å²) in [6.45, 7) is 1.56. The van der Waals surface area contributed by atoms with E-state index in [1.807, 2.05) is 0 Å². The van der Waals surface area contributed by atoms with Gasteiger partial charge in [0.25, 0.3) is 5.56 Å². The van der Waals surface area contributed by atoms with Crippen molar-refractivity contribution >= 4 is 28.1 Å². The molecule has 0 fully saturated rings. The molecule has 1 aromatic carbocycles. The minimum Gasteiger partial charge on any atom is -0.504 e. The van der Waals surface area contributed by atoms with Crippen molar-refractivity contribution in [1.29, 1.82) is 0 Å². The van der Waals surface area contributed by atoms with E-state index in [9.17, 15) is 9.90 Å². The van der Waals surface area contributed by atoms with E-state index >= 15 is 0 Å². The summed E-state index contributed by atoms with van der Waals surface area (Å²) in [6, 6.07) is 3.29. The maximum atomic E-state index is 11.9. The van der Waals surface area contributed by atoms with Gasteiger partial charge in [-0.05, 0) is 19.1 Å². The van der Waals surface area contributed by atoms with Gasteiger partial charge in [0.15, 0.2) is 11.5 Å². The fraction of sp³-hybridized carbons (Fsp3) is 0.267. The van der Waals surface area contributed by atoms with Crippen LogP contribution in [0.3, 0.4) is 0 Å². The number of aliphatic hydroxyl groups excluding tert-OH is 1. The summed E-state index contributed by atoms with van der Waals surface area (Å²) in [6.07, 6.45) is 1.61. The van der Waals surface area contributed by atoms with E-state index in [2.05, 4.69) is 36.4 Å². The third kappa shape index (κ3) is 4.12. The van der Waals surface area contributed by atoms with Crippen LogP contribution >= 0.6 is 15.9 Å². The lowest BCUT2D eigenvalue weighted by Gasteiger charge is -2.07.